The van der Waals surface area contributed by atoms with Crippen molar-refractivity contribution in [3.05, 3.63) is 35.9 Å². The Hall–Kier alpha value is 0.0500. The summed E-state index contributed by atoms with van der Waals surface area (Å²) in [6, 6.07) is 10.7. The zero-order valence-electron chi connectivity index (χ0n) is 9.29. The Kier molecular flexibility index (Phi) is 7.20. The van der Waals surface area contributed by atoms with E-state index in [1.54, 1.807) is 0 Å². The fourth-order valence-electron chi connectivity index (χ4n) is 1.53. The van der Waals surface area contributed by atoms with Crippen molar-refractivity contribution in [2.24, 2.45) is 5.92 Å². The Morgan fingerprint density at radius 2 is 2.00 bits per heavy atom. The number of hydrogen-bond acceptors (Lipinski definition) is 1. The Morgan fingerprint density at radius 3 is 2.60 bits per heavy atom. The topological polar surface area (TPSA) is 0 Å². The van der Waals surface area contributed by atoms with Gasteiger partial charge >= 0.3 is 0 Å². The molecule has 0 aliphatic carbocycles. The molecule has 0 saturated carbocycles. The minimum atomic E-state index is 0.837. The molecule has 0 bridgehead atoms. The lowest BCUT2D eigenvalue weighted by Gasteiger charge is -2.11. The fourth-order valence-corrected chi connectivity index (χ4v) is 3.55. The highest BCUT2D eigenvalue weighted by molar-refractivity contribution is 9.09. The second-order valence-electron chi connectivity index (χ2n) is 3.81. The minimum Gasteiger partial charge on any atom is -0.157 e. The van der Waals surface area contributed by atoms with Crippen LogP contribution in [0.4, 0.5) is 0 Å². The molecule has 15 heavy (non-hydrogen) atoms. The van der Waals surface area contributed by atoms with E-state index in [-0.39, 0.29) is 0 Å². The fraction of sp³-hybridized carbons (Fsp3) is 0.538. The first-order valence-electron chi connectivity index (χ1n) is 5.54. The Labute approximate surface area is 106 Å². The summed E-state index contributed by atoms with van der Waals surface area (Å²) in [5, 5.41) is 1.14. The summed E-state index contributed by atoms with van der Waals surface area (Å²) >= 11 is 5.64. The number of rotatable bonds is 7. The van der Waals surface area contributed by atoms with Crippen LogP contribution < -0.4 is 0 Å². The molecule has 0 aromatic heterocycles. The van der Waals surface area contributed by atoms with Crippen molar-refractivity contribution >= 4 is 27.7 Å². The maximum Gasteiger partial charge on any atom is 0.0184 e. The molecule has 0 amide bonds. The van der Waals surface area contributed by atoms with Gasteiger partial charge in [-0.2, -0.15) is 11.8 Å². The maximum atomic E-state index is 3.59. The lowest BCUT2D eigenvalue weighted by atomic mass is 10.1. The van der Waals surface area contributed by atoms with E-state index < -0.39 is 0 Å². The van der Waals surface area contributed by atoms with E-state index >= 15 is 0 Å². The van der Waals surface area contributed by atoms with E-state index in [9.17, 15) is 0 Å². The van der Waals surface area contributed by atoms with Gasteiger partial charge in [-0.3, -0.25) is 0 Å². The number of alkyl halides is 1. The third-order valence-corrected chi connectivity index (χ3v) is 4.54. The van der Waals surface area contributed by atoms with Crippen molar-refractivity contribution in [1.29, 1.82) is 0 Å². The van der Waals surface area contributed by atoms with Crippen LogP contribution in [0.1, 0.15) is 25.3 Å². The molecule has 0 spiro atoms. The molecule has 1 aromatic carbocycles. The highest BCUT2D eigenvalue weighted by Gasteiger charge is 2.05. The zero-order chi connectivity index (χ0) is 10.9. The molecule has 1 rings (SSSR count). The van der Waals surface area contributed by atoms with Gasteiger partial charge in [-0.1, -0.05) is 59.6 Å². The van der Waals surface area contributed by atoms with E-state index in [1.165, 1.54) is 24.2 Å². The van der Waals surface area contributed by atoms with E-state index in [4.69, 9.17) is 0 Å². The second kappa shape index (κ2) is 8.23. The van der Waals surface area contributed by atoms with Crippen LogP contribution in [0.15, 0.2) is 30.3 Å². The van der Waals surface area contributed by atoms with Crippen LogP contribution in [0.5, 0.6) is 0 Å². The molecule has 1 unspecified atom stereocenters. The van der Waals surface area contributed by atoms with Crippen molar-refractivity contribution in [2.75, 3.05) is 11.1 Å². The summed E-state index contributed by atoms with van der Waals surface area (Å²) in [5.41, 5.74) is 1.44. The molecule has 0 N–H and O–H groups in total. The predicted octanol–water partition coefficient (Wildman–Crippen LogP) is 4.73. The van der Waals surface area contributed by atoms with Crippen LogP contribution in [-0.2, 0) is 5.75 Å². The van der Waals surface area contributed by atoms with Crippen LogP contribution >= 0.6 is 27.7 Å². The van der Waals surface area contributed by atoms with E-state index in [1.807, 2.05) is 11.8 Å². The van der Waals surface area contributed by atoms with E-state index in [0.717, 1.165) is 17.0 Å². The molecule has 84 valence electrons. The van der Waals surface area contributed by atoms with Crippen molar-refractivity contribution in [2.45, 2.75) is 25.5 Å². The molecule has 0 saturated heterocycles. The molecule has 0 aliphatic heterocycles. The summed E-state index contributed by atoms with van der Waals surface area (Å²) in [6.45, 7) is 2.26. The van der Waals surface area contributed by atoms with E-state index in [0.29, 0.717) is 0 Å². The van der Waals surface area contributed by atoms with Crippen molar-refractivity contribution in [1.82, 2.24) is 0 Å². The normalized spacial score (nSPS) is 12.7. The zero-order valence-corrected chi connectivity index (χ0v) is 11.7. The standard InChI is InChI=1S/C13H19BrS/c1-2-6-13(9-14)11-15-10-12-7-4-3-5-8-12/h3-5,7-8,13H,2,6,9-11H2,1H3. The minimum absolute atomic E-state index is 0.837. The van der Waals surface area contributed by atoms with Gasteiger partial charge in [0.2, 0.25) is 0 Å². The lowest BCUT2D eigenvalue weighted by molar-refractivity contribution is 0.597. The largest absolute Gasteiger partial charge is 0.157 e. The first kappa shape index (κ1) is 13.1. The second-order valence-corrected chi connectivity index (χ2v) is 5.49. The summed E-state index contributed by atoms with van der Waals surface area (Å²) in [4.78, 5) is 0. The SMILES string of the molecule is CCCC(CBr)CSCc1ccccc1. The van der Waals surface area contributed by atoms with Crippen molar-refractivity contribution < 1.29 is 0 Å². The van der Waals surface area contributed by atoms with Crippen molar-refractivity contribution in [3.8, 4) is 0 Å². The molecule has 1 atom stereocenters. The average molecular weight is 287 g/mol. The van der Waals surface area contributed by atoms with Crippen LogP contribution in [0.2, 0.25) is 0 Å². The monoisotopic (exact) mass is 286 g/mol. The van der Waals surface area contributed by atoms with Gasteiger partial charge < -0.3 is 0 Å². The smallest absolute Gasteiger partial charge is 0.0184 e. The highest BCUT2D eigenvalue weighted by Crippen LogP contribution is 2.19. The summed E-state index contributed by atoms with van der Waals surface area (Å²) < 4.78 is 0. The van der Waals surface area contributed by atoms with Gasteiger partial charge in [-0.05, 0) is 23.7 Å². The molecule has 0 nitrogen and oxygen atoms in total. The number of thioether (sulfide) groups is 1. The van der Waals surface area contributed by atoms with Gasteiger partial charge in [0.1, 0.15) is 0 Å². The quantitative estimate of drug-likeness (QED) is 0.653. The molecule has 0 aliphatic rings. The molecular weight excluding hydrogens is 268 g/mol. The Balaban J connectivity index is 2.20. The van der Waals surface area contributed by atoms with E-state index in [2.05, 4.69) is 53.2 Å². The maximum absolute atomic E-state index is 3.59. The molecule has 0 heterocycles. The molecular formula is C13H19BrS. The highest BCUT2D eigenvalue weighted by atomic mass is 79.9. The van der Waals surface area contributed by atoms with Crippen LogP contribution in [0.25, 0.3) is 0 Å². The molecule has 0 fully saturated rings. The van der Waals surface area contributed by atoms with Crippen LogP contribution in [0.3, 0.4) is 0 Å². The summed E-state index contributed by atoms with van der Waals surface area (Å²) in [7, 11) is 0. The Morgan fingerprint density at radius 1 is 1.27 bits per heavy atom. The average Bonchev–Trinajstić information content (AvgIpc) is 2.29. The van der Waals surface area contributed by atoms with Gasteiger partial charge in [-0.15, -0.1) is 0 Å². The first-order chi connectivity index (χ1) is 7.36. The van der Waals surface area contributed by atoms with Gasteiger partial charge in [0.15, 0.2) is 0 Å². The Bertz CT molecular complexity index is 248. The van der Waals surface area contributed by atoms with Crippen LogP contribution in [-0.4, -0.2) is 11.1 Å². The summed E-state index contributed by atoms with van der Waals surface area (Å²) in [5.74, 6) is 3.26. The molecule has 0 radical (unpaired) electrons. The predicted molar refractivity (Wildman–Crippen MR) is 74.8 cm³/mol. The molecule has 2 heteroatoms. The number of halogens is 1. The third-order valence-electron chi connectivity index (χ3n) is 2.38. The summed E-state index contributed by atoms with van der Waals surface area (Å²) in [6.07, 6.45) is 2.63. The van der Waals surface area contributed by atoms with Crippen molar-refractivity contribution in [3.63, 3.8) is 0 Å². The van der Waals surface area contributed by atoms with Gasteiger partial charge in [-0.25, -0.2) is 0 Å². The third kappa shape index (κ3) is 5.62. The molecule has 1 aromatic rings. The van der Waals surface area contributed by atoms with Gasteiger partial charge in [0.05, 0.1) is 0 Å². The number of hydrogen-bond donors (Lipinski definition) is 0. The van der Waals surface area contributed by atoms with Gasteiger partial charge in [0.25, 0.3) is 0 Å². The van der Waals surface area contributed by atoms with Gasteiger partial charge in [0, 0.05) is 11.1 Å². The first-order valence-corrected chi connectivity index (χ1v) is 7.82. The number of benzene rings is 1. The lowest BCUT2D eigenvalue weighted by Crippen LogP contribution is -2.04. The van der Waals surface area contributed by atoms with Crippen LogP contribution in [0, 0.1) is 5.92 Å².